The number of aromatic nitrogens is 3. The molecule has 0 saturated carbocycles. The van der Waals surface area contributed by atoms with E-state index in [1.807, 2.05) is 29.8 Å². The van der Waals surface area contributed by atoms with Crippen LogP contribution in [0, 0.1) is 0 Å². The van der Waals surface area contributed by atoms with Crippen molar-refractivity contribution in [2.75, 3.05) is 0 Å². The molecule has 0 radical (unpaired) electrons. The molecule has 94 valence electrons. The molecule has 0 fully saturated rings. The molecule has 0 aliphatic rings. The summed E-state index contributed by atoms with van der Waals surface area (Å²) >= 11 is 3.11. The molecule has 2 aromatic heterocycles. The summed E-state index contributed by atoms with van der Waals surface area (Å²) in [5.74, 6) is 0.923. The van der Waals surface area contributed by atoms with Gasteiger partial charge in [0.1, 0.15) is 5.69 Å². The maximum atomic E-state index is 4.30. The SMILES string of the molecule is c1ccc(SCc2ccc(-c3csnn3)cc2)nc1. The van der Waals surface area contributed by atoms with E-state index >= 15 is 0 Å². The average molecular weight is 285 g/mol. The van der Waals surface area contributed by atoms with Crippen molar-refractivity contribution < 1.29 is 0 Å². The topological polar surface area (TPSA) is 38.7 Å². The monoisotopic (exact) mass is 285 g/mol. The maximum Gasteiger partial charge on any atom is 0.105 e. The summed E-state index contributed by atoms with van der Waals surface area (Å²) in [6, 6.07) is 14.4. The second-order valence-corrected chi connectivity index (χ2v) is 5.55. The van der Waals surface area contributed by atoms with Crippen LogP contribution in [0.15, 0.2) is 59.1 Å². The molecule has 0 saturated heterocycles. The van der Waals surface area contributed by atoms with Crippen LogP contribution in [0.25, 0.3) is 11.3 Å². The van der Waals surface area contributed by atoms with E-state index in [0.717, 1.165) is 22.0 Å². The lowest BCUT2D eigenvalue weighted by Crippen LogP contribution is -1.84. The minimum Gasteiger partial charge on any atom is -0.250 e. The second kappa shape index (κ2) is 5.95. The number of benzene rings is 1. The van der Waals surface area contributed by atoms with Crippen LogP contribution in [0.4, 0.5) is 0 Å². The first-order valence-corrected chi connectivity index (χ1v) is 7.64. The highest BCUT2D eigenvalue weighted by Crippen LogP contribution is 2.23. The van der Waals surface area contributed by atoms with Crippen LogP contribution in [0.2, 0.25) is 0 Å². The van der Waals surface area contributed by atoms with Crippen molar-refractivity contribution in [3.63, 3.8) is 0 Å². The fourth-order valence-electron chi connectivity index (χ4n) is 1.65. The van der Waals surface area contributed by atoms with E-state index in [1.165, 1.54) is 17.1 Å². The zero-order valence-electron chi connectivity index (χ0n) is 10.1. The number of thioether (sulfide) groups is 1. The molecule has 3 nitrogen and oxygen atoms in total. The molecule has 3 rings (SSSR count). The number of hydrogen-bond donors (Lipinski definition) is 0. The Bertz CT molecular complexity index is 622. The van der Waals surface area contributed by atoms with Gasteiger partial charge in [0, 0.05) is 22.9 Å². The highest BCUT2D eigenvalue weighted by molar-refractivity contribution is 7.98. The van der Waals surface area contributed by atoms with E-state index in [1.54, 1.807) is 11.8 Å². The molecule has 0 N–H and O–H groups in total. The summed E-state index contributed by atoms with van der Waals surface area (Å²) in [5, 5.41) is 7.07. The molecule has 0 aliphatic heterocycles. The third-order valence-corrected chi connectivity index (χ3v) is 4.15. The first-order chi connectivity index (χ1) is 9.42. The zero-order valence-corrected chi connectivity index (χ0v) is 11.7. The first-order valence-electron chi connectivity index (χ1n) is 5.82. The third kappa shape index (κ3) is 3.19. The predicted molar refractivity (Wildman–Crippen MR) is 79.1 cm³/mol. The van der Waals surface area contributed by atoms with E-state index in [2.05, 4.69) is 38.8 Å². The van der Waals surface area contributed by atoms with Crippen LogP contribution in [0.5, 0.6) is 0 Å². The Labute approximate surface area is 119 Å². The van der Waals surface area contributed by atoms with Crippen molar-refractivity contribution >= 4 is 23.3 Å². The van der Waals surface area contributed by atoms with Gasteiger partial charge in [-0.1, -0.05) is 34.8 Å². The van der Waals surface area contributed by atoms with Crippen LogP contribution in [-0.2, 0) is 5.75 Å². The Hall–Kier alpha value is -1.72. The molecule has 0 amide bonds. The molecule has 0 spiro atoms. The van der Waals surface area contributed by atoms with Crippen LogP contribution >= 0.6 is 23.3 Å². The summed E-state index contributed by atoms with van der Waals surface area (Å²) in [6.45, 7) is 0. The fraction of sp³-hybridized carbons (Fsp3) is 0.0714. The van der Waals surface area contributed by atoms with Gasteiger partial charge in [0.15, 0.2) is 0 Å². The normalized spacial score (nSPS) is 10.5. The number of rotatable bonds is 4. The largest absolute Gasteiger partial charge is 0.250 e. The Kier molecular flexibility index (Phi) is 3.86. The quantitative estimate of drug-likeness (QED) is 0.682. The Balaban J connectivity index is 1.67. The van der Waals surface area contributed by atoms with Crippen LogP contribution < -0.4 is 0 Å². The van der Waals surface area contributed by atoms with E-state index < -0.39 is 0 Å². The summed E-state index contributed by atoms with van der Waals surface area (Å²) in [4.78, 5) is 4.30. The molecule has 0 atom stereocenters. The lowest BCUT2D eigenvalue weighted by molar-refractivity contribution is 1.13. The smallest absolute Gasteiger partial charge is 0.105 e. The van der Waals surface area contributed by atoms with Crippen LogP contribution in [-0.4, -0.2) is 14.6 Å². The molecule has 19 heavy (non-hydrogen) atoms. The molecule has 5 heteroatoms. The van der Waals surface area contributed by atoms with Gasteiger partial charge in [-0.15, -0.1) is 16.9 Å². The predicted octanol–water partition coefficient (Wildman–Crippen LogP) is 3.89. The summed E-state index contributed by atoms with van der Waals surface area (Å²) < 4.78 is 3.88. The first kappa shape index (κ1) is 12.3. The summed E-state index contributed by atoms with van der Waals surface area (Å²) in [5.41, 5.74) is 3.33. The number of nitrogens with zero attached hydrogens (tertiary/aromatic N) is 3. The van der Waals surface area contributed by atoms with Gasteiger partial charge in [0.05, 0.1) is 5.03 Å². The van der Waals surface area contributed by atoms with Gasteiger partial charge in [0.2, 0.25) is 0 Å². The van der Waals surface area contributed by atoms with Crippen molar-refractivity contribution in [1.29, 1.82) is 0 Å². The molecule has 1 aromatic carbocycles. The van der Waals surface area contributed by atoms with Gasteiger partial charge < -0.3 is 0 Å². The highest BCUT2D eigenvalue weighted by atomic mass is 32.2. The molecule has 0 bridgehead atoms. The lowest BCUT2D eigenvalue weighted by atomic mass is 10.1. The van der Waals surface area contributed by atoms with Crippen molar-refractivity contribution in [2.24, 2.45) is 0 Å². The minimum atomic E-state index is 0.923. The van der Waals surface area contributed by atoms with Gasteiger partial charge in [-0.25, -0.2) is 4.98 Å². The van der Waals surface area contributed by atoms with Crippen LogP contribution in [0.3, 0.4) is 0 Å². The molecule has 0 aliphatic carbocycles. The third-order valence-electron chi connectivity index (χ3n) is 2.63. The number of hydrogen-bond acceptors (Lipinski definition) is 5. The van der Waals surface area contributed by atoms with E-state index in [9.17, 15) is 0 Å². The molecule has 3 aromatic rings. The lowest BCUT2D eigenvalue weighted by Gasteiger charge is -2.02. The Morgan fingerprint density at radius 2 is 1.95 bits per heavy atom. The van der Waals surface area contributed by atoms with E-state index in [0.29, 0.717) is 0 Å². The summed E-state index contributed by atoms with van der Waals surface area (Å²) in [7, 11) is 0. The Morgan fingerprint density at radius 3 is 2.63 bits per heavy atom. The molecule has 2 heterocycles. The second-order valence-electron chi connectivity index (χ2n) is 3.94. The van der Waals surface area contributed by atoms with Crippen molar-refractivity contribution in [3.05, 3.63) is 59.6 Å². The zero-order chi connectivity index (χ0) is 12.9. The standard InChI is InChI=1S/C14H11N3S2/c1-2-8-15-14(3-1)18-9-11-4-6-12(7-5-11)13-10-19-17-16-13/h1-8,10H,9H2. The van der Waals surface area contributed by atoms with Gasteiger partial charge in [-0.2, -0.15) is 0 Å². The van der Waals surface area contributed by atoms with E-state index in [4.69, 9.17) is 0 Å². The van der Waals surface area contributed by atoms with Gasteiger partial charge >= 0.3 is 0 Å². The molecular weight excluding hydrogens is 274 g/mol. The fourth-order valence-corrected chi connectivity index (χ4v) is 2.93. The number of pyridine rings is 1. The van der Waals surface area contributed by atoms with Gasteiger partial charge in [-0.3, -0.25) is 0 Å². The average Bonchev–Trinajstić information content (AvgIpc) is 3.01. The van der Waals surface area contributed by atoms with Crippen LogP contribution in [0.1, 0.15) is 5.56 Å². The Morgan fingerprint density at radius 1 is 1.05 bits per heavy atom. The van der Waals surface area contributed by atoms with Gasteiger partial charge in [-0.05, 0) is 29.2 Å². The minimum absolute atomic E-state index is 0.923. The maximum absolute atomic E-state index is 4.30. The molecular formula is C14H11N3S2. The van der Waals surface area contributed by atoms with Gasteiger partial charge in [0.25, 0.3) is 0 Å². The van der Waals surface area contributed by atoms with Crippen molar-refractivity contribution in [1.82, 2.24) is 14.6 Å². The van der Waals surface area contributed by atoms with Crippen molar-refractivity contribution in [3.8, 4) is 11.3 Å². The van der Waals surface area contributed by atoms with Crippen molar-refractivity contribution in [2.45, 2.75) is 10.8 Å². The molecule has 0 unspecified atom stereocenters. The highest BCUT2D eigenvalue weighted by Gasteiger charge is 2.01. The van der Waals surface area contributed by atoms with E-state index in [-0.39, 0.29) is 0 Å². The summed E-state index contributed by atoms with van der Waals surface area (Å²) in [6.07, 6.45) is 1.82.